The number of carbonyl (C=O) groups excluding carboxylic acids is 1. The molecule has 21 heavy (non-hydrogen) atoms. The topological polar surface area (TPSA) is 41.1 Å². The van der Waals surface area contributed by atoms with Crippen molar-refractivity contribution in [3.05, 3.63) is 52.2 Å². The largest absolute Gasteiger partial charge is 0.374 e. The van der Waals surface area contributed by atoms with Gasteiger partial charge in [0, 0.05) is 23.2 Å². The van der Waals surface area contributed by atoms with E-state index in [1.807, 2.05) is 17.5 Å². The third-order valence-corrected chi connectivity index (χ3v) is 3.88. The summed E-state index contributed by atoms with van der Waals surface area (Å²) < 4.78 is 25.9. The van der Waals surface area contributed by atoms with Crippen LogP contribution in [0.2, 0.25) is 0 Å². The Balaban J connectivity index is 1.80. The van der Waals surface area contributed by atoms with Gasteiger partial charge >= 0.3 is 0 Å². The molecule has 2 aromatic rings. The summed E-state index contributed by atoms with van der Waals surface area (Å²) >= 11 is 1.64. The molecule has 3 nitrogen and oxygen atoms in total. The molecule has 1 amide bonds. The van der Waals surface area contributed by atoms with Crippen LogP contribution in [0.25, 0.3) is 0 Å². The summed E-state index contributed by atoms with van der Waals surface area (Å²) in [6, 6.07) is 6.91. The normalized spacial score (nSPS) is 12.0. The van der Waals surface area contributed by atoms with Crippen molar-refractivity contribution in [1.82, 2.24) is 5.32 Å². The standard InChI is InChI=1S/C15H16F2N2OS/c1-10(19-11-4-5-13(16)14(17)9-11)15(20)18-7-6-12-3-2-8-21-12/h2-5,8-10,19H,6-7H2,1H3,(H,18,20)/t10-/m0/s1. The molecule has 2 N–H and O–H groups in total. The van der Waals surface area contributed by atoms with Gasteiger partial charge in [-0.1, -0.05) is 6.07 Å². The minimum absolute atomic E-state index is 0.184. The Morgan fingerprint density at radius 2 is 2.10 bits per heavy atom. The Morgan fingerprint density at radius 3 is 2.76 bits per heavy atom. The van der Waals surface area contributed by atoms with Gasteiger partial charge < -0.3 is 10.6 Å². The fourth-order valence-electron chi connectivity index (χ4n) is 1.82. The number of rotatable bonds is 6. The van der Waals surface area contributed by atoms with E-state index < -0.39 is 17.7 Å². The van der Waals surface area contributed by atoms with Crippen LogP contribution < -0.4 is 10.6 Å². The second-order valence-electron chi connectivity index (χ2n) is 4.62. The van der Waals surface area contributed by atoms with E-state index in [0.29, 0.717) is 12.2 Å². The number of amides is 1. The van der Waals surface area contributed by atoms with E-state index in [4.69, 9.17) is 0 Å². The molecule has 0 saturated carbocycles. The average Bonchev–Trinajstić information content (AvgIpc) is 2.96. The quantitative estimate of drug-likeness (QED) is 0.860. The number of hydrogen-bond donors (Lipinski definition) is 2. The van der Waals surface area contributed by atoms with E-state index in [1.165, 1.54) is 10.9 Å². The van der Waals surface area contributed by atoms with Gasteiger partial charge in [0.2, 0.25) is 5.91 Å². The van der Waals surface area contributed by atoms with E-state index in [1.54, 1.807) is 18.3 Å². The van der Waals surface area contributed by atoms with E-state index in [0.717, 1.165) is 18.6 Å². The van der Waals surface area contributed by atoms with Crippen LogP contribution >= 0.6 is 11.3 Å². The minimum Gasteiger partial charge on any atom is -0.374 e. The molecule has 1 atom stereocenters. The first-order valence-electron chi connectivity index (χ1n) is 6.58. The molecule has 6 heteroatoms. The first-order chi connectivity index (χ1) is 10.1. The molecular weight excluding hydrogens is 294 g/mol. The predicted molar refractivity (Wildman–Crippen MR) is 80.5 cm³/mol. The monoisotopic (exact) mass is 310 g/mol. The van der Waals surface area contributed by atoms with Crippen LogP contribution in [0.4, 0.5) is 14.5 Å². The highest BCUT2D eigenvalue weighted by Gasteiger charge is 2.13. The highest BCUT2D eigenvalue weighted by atomic mass is 32.1. The maximum atomic E-state index is 13.1. The maximum Gasteiger partial charge on any atom is 0.242 e. The molecule has 1 aromatic heterocycles. The molecule has 0 aliphatic rings. The Morgan fingerprint density at radius 1 is 1.29 bits per heavy atom. The van der Waals surface area contributed by atoms with Crippen molar-refractivity contribution < 1.29 is 13.6 Å². The molecule has 112 valence electrons. The number of nitrogens with one attached hydrogen (secondary N) is 2. The van der Waals surface area contributed by atoms with Gasteiger partial charge in [0.25, 0.3) is 0 Å². The lowest BCUT2D eigenvalue weighted by Gasteiger charge is -2.15. The molecule has 1 heterocycles. The molecular formula is C15H16F2N2OS. The second-order valence-corrected chi connectivity index (χ2v) is 5.65. The van der Waals surface area contributed by atoms with Gasteiger partial charge in [0.1, 0.15) is 6.04 Å². The van der Waals surface area contributed by atoms with Crippen molar-refractivity contribution in [3.63, 3.8) is 0 Å². The van der Waals surface area contributed by atoms with Crippen molar-refractivity contribution in [2.24, 2.45) is 0 Å². The molecule has 0 aliphatic carbocycles. The third kappa shape index (κ3) is 4.53. The summed E-state index contributed by atoms with van der Waals surface area (Å²) in [6.45, 7) is 2.21. The lowest BCUT2D eigenvalue weighted by molar-refractivity contribution is -0.121. The summed E-state index contributed by atoms with van der Waals surface area (Å²) in [4.78, 5) is 13.1. The van der Waals surface area contributed by atoms with Gasteiger partial charge in [0.15, 0.2) is 11.6 Å². The first-order valence-corrected chi connectivity index (χ1v) is 7.46. The van der Waals surface area contributed by atoms with Gasteiger partial charge in [0.05, 0.1) is 0 Å². The van der Waals surface area contributed by atoms with Crippen molar-refractivity contribution in [2.75, 3.05) is 11.9 Å². The van der Waals surface area contributed by atoms with E-state index >= 15 is 0 Å². The van der Waals surface area contributed by atoms with Gasteiger partial charge in [-0.2, -0.15) is 0 Å². The van der Waals surface area contributed by atoms with Crippen molar-refractivity contribution in [2.45, 2.75) is 19.4 Å². The summed E-state index contributed by atoms with van der Waals surface area (Å²) in [5.74, 6) is -2.03. The lowest BCUT2D eigenvalue weighted by Crippen LogP contribution is -2.38. The van der Waals surface area contributed by atoms with E-state index in [-0.39, 0.29) is 5.91 Å². The van der Waals surface area contributed by atoms with Crippen LogP contribution in [0, 0.1) is 11.6 Å². The SMILES string of the molecule is C[C@H](Nc1ccc(F)c(F)c1)C(=O)NCCc1cccs1. The molecule has 0 saturated heterocycles. The number of hydrogen-bond acceptors (Lipinski definition) is 3. The van der Waals surface area contributed by atoms with Crippen molar-refractivity contribution >= 4 is 22.9 Å². The van der Waals surface area contributed by atoms with Gasteiger partial charge in [-0.3, -0.25) is 4.79 Å². The number of halogens is 2. The van der Waals surface area contributed by atoms with Crippen LogP contribution in [0.1, 0.15) is 11.8 Å². The van der Waals surface area contributed by atoms with Gasteiger partial charge in [-0.25, -0.2) is 8.78 Å². The number of carbonyl (C=O) groups is 1. The zero-order valence-corrected chi connectivity index (χ0v) is 12.3. The molecule has 0 spiro atoms. The average molecular weight is 310 g/mol. The number of anilines is 1. The zero-order chi connectivity index (χ0) is 15.2. The molecule has 2 rings (SSSR count). The van der Waals surface area contributed by atoms with Crippen LogP contribution in [0.15, 0.2) is 35.7 Å². The Bertz CT molecular complexity index is 602. The molecule has 0 unspecified atom stereocenters. The summed E-state index contributed by atoms with van der Waals surface area (Å²) in [6.07, 6.45) is 0.779. The van der Waals surface area contributed by atoms with Gasteiger partial charge in [-0.05, 0) is 36.9 Å². The number of thiophene rings is 1. The smallest absolute Gasteiger partial charge is 0.242 e. The molecule has 0 bridgehead atoms. The van der Waals surface area contributed by atoms with Gasteiger partial charge in [-0.15, -0.1) is 11.3 Å². The van der Waals surface area contributed by atoms with Crippen molar-refractivity contribution in [3.8, 4) is 0 Å². The Kier molecular flexibility index (Phi) is 5.27. The molecule has 0 fully saturated rings. The predicted octanol–water partition coefficient (Wildman–Crippen LogP) is 3.19. The Labute approximate surface area is 126 Å². The lowest BCUT2D eigenvalue weighted by atomic mass is 10.2. The van der Waals surface area contributed by atoms with Crippen LogP contribution in [-0.2, 0) is 11.2 Å². The van der Waals surface area contributed by atoms with E-state index in [2.05, 4.69) is 10.6 Å². The van der Waals surface area contributed by atoms with Crippen LogP contribution in [-0.4, -0.2) is 18.5 Å². The third-order valence-electron chi connectivity index (χ3n) is 2.95. The van der Waals surface area contributed by atoms with Crippen LogP contribution in [0.3, 0.4) is 0 Å². The molecule has 0 radical (unpaired) electrons. The first kappa shape index (κ1) is 15.4. The minimum atomic E-state index is -0.940. The van der Waals surface area contributed by atoms with E-state index in [9.17, 15) is 13.6 Å². The highest BCUT2D eigenvalue weighted by Crippen LogP contribution is 2.14. The maximum absolute atomic E-state index is 13.1. The summed E-state index contributed by atoms with van der Waals surface area (Å²) in [5.41, 5.74) is 0.370. The number of benzene rings is 1. The van der Waals surface area contributed by atoms with Crippen LogP contribution in [0.5, 0.6) is 0 Å². The van der Waals surface area contributed by atoms with Crippen molar-refractivity contribution in [1.29, 1.82) is 0 Å². The highest BCUT2D eigenvalue weighted by molar-refractivity contribution is 7.09. The summed E-state index contributed by atoms with van der Waals surface area (Å²) in [5, 5.41) is 7.63. The molecule has 1 aromatic carbocycles. The zero-order valence-electron chi connectivity index (χ0n) is 11.5. The summed E-state index contributed by atoms with van der Waals surface area (Å²) in [7, 11) is 0. The second kappa shape index (κ2) is 7.17. The molecule has 0 aliphatic heterocycles. The fraction of sp³-hybridized carbons (Fsp3) is 0.267. The fourth-order valence-corrected chi connectivity index (χ4v) is 2.53. The Hall–Kier alpha value is -1.95.